The highest BCUT2D eigenvalue weighted by Crippen LogP contribution is 2.20. The molecule has 5 nitrogen and oxygen atoms in total. The molecule has 0 radical (unpaired) electrons. The first-order chi connectivity index (χ1) is 10.2. The van der Waals surface area contributed by atoms with Crippen LogP contribution in [0.4, 0.5) is 4.79 Å². The number of nitrogens with one attached hydrogen (secondary N) is 1. The Bertz CT molecular complexity index is 524. The van der Waals surface area contributed by atoms with E-state index in [0.29, 0.717) is 11.7 Å². The minimum Gasteiger partial charge on any atom is -0.410 e. The lowest BCUT2D eigenvalue weighted by molar-refractivity contribution is -0.131. The second-order valence-electron chi connectivity index (χ2n) is 6.22. The van der Waals surface area contributed by atoms with Crippen molar-refractivity contribution in [3.63, 3.8) is 0 Å². The van der Waals surface area contributed by atoms with Gasteiger partial charge in [-0.1, -0.05) is 39.8 Å². The summed E-state index contributed by atoms with van der Waals surface area (Å²) in [5, 5.41) is 2.64. The molecule has 5 heteroatoms. The standard InChI is InChI=1S/C17H26N2O3/c1-11(2)13-8-7-9-14(10-13)22-17(21)18-15(12(3)4)16(20)19(5)6/h7-12,15H,1-6H3,(H,18,21). The van der Waals surface area contributed by atoms with Crippen LogP contribution in [0, 0.1) is 5.92 Å². The fourth-order valence-corrected chi connectivity index (χ4v) is 1.99. The third-order valence-corrected chi connectivity index (χ3v) is 3.38. The van der Waals surface area contributed by atoms with E-state index < -0.39 is 12.1 Å². The predicted octanol–water partition coefficient (Wildman–Crippen LogP) is 3.01. The molecule has 0 heterocycles. The van der Waals surface area contributed by atoms with E-state index >= 15 is 0 Å². The number of ether oxygens (including phenoxy) is 1. The highest BCUT2D eigenvalue weighted by molar-refractivity contribution is 5.86. The van der Waals surface area contributed by atoms with E-state index in [1.54, 1.807) is 20.2 Å². The zero-order valence-electron chi connectivity index (χ0n) is 14.2. The summed E-state index contributed by atoms with van der Waals surface area (Å²) in [6.07, 6.45) is -0.616. The molecular weight excluding hydrogens is 280 g/mol. The third kappa shape index (κ3) is 5.06. The highest BCUT2D eigenvalue weighted by Gasteiger charge is 2.26. The van der Waals surface area contributed by atoms with Crippen molar-refractivity contribution in [2.24, 2.45) is 5.92 Å². The highest BCUT2D eigenvalue weighted by atomic mass is 16.6. The van der Waals surface area contributed by atoms with Gasteiger partial charge in [-0.05, 0) is 29.5 Å². The van der Waals surface area contributed by atoms with Gasteiger partial charge in [0.2, 0.25) is 5.91 Å². The topological polar surface area (TPSA) is 58.6 Å². The van der Waals surface area contributed by atoms with Gasteiger partial charge in [-0.25, -0.2) is 4.79 Å². The molecular formula is C17H26N2O3. The minimum atomic E-state index is -0.616. The molecule has 0 saturated carbocycles. The van der Waals surface area contributed by atoms with Crippen molar-refractivity contribution < 1.29 is 14.3 Å². The summed E-state index contributed by atoms with van der Waals surface area (Å²) in [5.41, 5.74) is 1.09. The van der Waals surface area contributed by atoms with Crippen LogP contribution in [0.5, 0.6) is 5.75 Å². The van der Waals surface area contributed by atoms with Gasteiger partial charge in [0.15, 0.2) is 0 Å². The summed E-state index contributed by atoms with van der Waals surface area (Å²) in [6.45, 7) is 7.91. The number of hydrogen-bond donors (Lipinski definition) is 1. The van der Waals surface area contributed by atoms with Crippen LogP contribution in [0.1, 0.15) is 39.2 Å². The number of carbonyl (C=O) groups is 2. The Morgan fingerprint density at radius 1 is 1.14 bits per heavy atom. The number of nitrogens with zero attached hydrogens (tertiary/aromatic N) is 1. The summed E-state index contributed by atoms with van der Waals surface area (Å²) in [4.78, 5) is 25.6. The summed E-state index contributed by atoms with van der Waals surface area (Å²) in [5.74, 6) is 0.654. The molecule has 122 valence electrons. The van der Waals surface area contributed by atoms with E-state index in [9.17, 15) is 9.59 Å². The quantitative estimate of drug-likeness (QED) is 0.909. The van der Waals surface area contributed by atoms with Crippen LogP contribution < -0.4 is 10.1 Å². The molecule has 0 spiro atoms. The number of hydrogen-bond acceptors (Lipinski definition) is 3. The van der Waals surface area contributed by atoms with E-state index in [0.717, 1.165) is 5.56 Å². The molecule has 0 fully saturated rings. The first kappa shape index (κ1) is 18.0. The van der Waals surface area contributed by atoms with Crippen molar-refractivity contribution in [1.82, 2.24) is 10.2 Å². The van der Waals surface area contributed by atoms with Gasteiger partial charge in [-0.2, -0.15) is 0 Å². The molecule has 0 aliphatic heterocycles. The Morgan fingerprint density at radius 2 is 1.77 bits per heavy atom. The second kappa shape index (κ2) is 7.82. The van der Waals surface area contributed by atoms with Crippen molar-refractivity contribution >= 4 is 12.0 Å². The molecule has 0 bridgehead atoms. The van der Waals surface area contributed by atoms with Gasteiger partial charge in [0.1, 0.15) is 11.8 Å². The molecule has 1 atom stereocenters. The largest absolute Gasteiger partial charge is 0.413 e. The van der Waals surface area contributed by atoms with Gasteiger partial charge in [-0.3, -0.25) is 4.79 Å². The zero-order chi connectivity index (χ0) is 16.9. The monoisotopic (exact) mass is 306 g/mol. The number of carbonyl (C=O) groups excluding carboxylic acids is 2. The molecule has 1 rings (SSSR count). The Balaban J connectivity index is 2.76. The lowest BCUT2D eigenvalue weighted by Gasteiger charge is -2.24. The zero-order valence-corrected chi connectivity index (χ0v) is 14.2. The average Bonchev–Trinajstić information content (AvgIpc) is 2.43. The van der Waals surface area contributed by atoms with Gasteiger partial charge in [0.05, 0.1) is 0 Å². The lowest BCUT2D eigenvalue weighted by Crippen LogP contribution is -2.50. The van der Waals surface area contributed by atoms with Crippen LogP contribution in [0.15, 0.2) is 24.3 Å². The number of likely N-dealkylation sites (N-methyl/N-ethyl adjacent to an activating group) is 1. The van der Waals surface area contributed by atoms with Crippen molar-refractivity contribution in [2.75, 3.05) is 14.1 Å². The molecule has 0 aliphatic carbocycles. The molecule has 0 aromatic heterocycles. The van der Waals surface area contributed by atoms with Gasteiger partial charge < -0.3 is 15.0 Å². The maximum absolute atomic E-state index is 12.1. The van der Waals surface area contributed by atoms with Gasteiger partial charge in [0.25, 0.3) is 0 Å². The van der Waals surface area contributed by atoms with Gasteiger partial charge >= 0.3 is 6.09 Å². The summed E-state index contributed by atoms with van der Waals surface area (Å²) in [6, 6.07) is 6.80. The second-order valence-corrected chi connectivity index (χ2v) is 6.22. The molecule has 0 saturated heterocycles. The first-order valence-electron chi connectivity index (χ1n) is 7.51. The molecule has 1 aromatic carbocycles. The average molecular weight is 306 g/mol. The minimum absolute atomic E-state index is 0.0237. The fraction of sp³-hybridized carbons (Fsp3) is 0.529. The van der Waals surface area contributed by atoms with Crippen molar-refractivity contribution in [1.29, 1.82) is 0 Å². The van der Waals surface area contributed by atoms with E-state index in [-0.39, 0.29) is 11.8 Å². The van der Waals surface area contributed by atoms with Crippen LogP contribution >= 0.6 is 0 Å². The van der Waals surface area contributed by atoms with Crippen LogP contribution in [0.25, 0.3) is 0 Å². The Morgan fingerprint density at radius 3 is 2.27 bits per heavy atom. The molecule has 2 amide bonds. The molecule has 1 unspecified atom stereocenters. The Hall–Kier alpha value is -2.04. The van der Waals surface area contributed by atoms with E-state index in [2.05, 4.69) is 19.2 Å². The molecule has 1 N–H and O–H groups in total. The number of rotatable bonds is 5. The smallest absolute Gasteiger partial charge is 0.410 e. The number of amides is 2. The van der Waals surface area contributed by atoms with Crippen LogP contribution in [-0.4, -0.2) is 37.0 Å². The summed E-state index contributed by atoms with van der Waals surface area (Å²) >= 11 is 0. The maximum atomic E-state index is 12.1. The Kier molecular flexibility index (Phi) is 6.40. The van der Waals surface area contributed by atoms with Crippen LogP contribution in [0.3, 0.4) is 0 Å². The van der Waals surface area contributed by atoms with Crippen LogP contribution in [0.2, 0.25) is 0 Å². The fourth-order valence-electron chi connectivity index (χ4n) is 1.99. The van der Waals surface area contributed by atoms with Gasteiger partial charge in [-0.15, -0.1) is 0 Å². The number of benzene rings is 1. The van der Waals surface area contributed by atoms with E-state index in [1.807, 2.05) is 32.0 Å². The van der Waals surface area contributed by atoms with Crippen molar-refractivity contribution in [3.05, 3.63) is 29.8 Å². The normalized spacial score (nSPS) is 12.2. The SMILES string of the molecule is CC(C)c1cccc(OC(=O)NC(C(=O)N(C)C)C(C)C)c1. The molecule has 22 heavy (non-hydrogen) atoms. The van der Waals surface area contributed by atoms with Crippen LogP contribution in [-0.2, 0) is 4.79 Å². The molecule has 1 aromatic rings. The van der Waals surface area contributed by atoms with Crippen molar-refractivity contribution in [3.8, 4) is 5.75 Å². The summed E-state index contributed by atoms with van der Waals surface area (Å²) < 4.78 is 5.29. The molecule has 0 aliphatic rings. The maximum Gasteiger partial charge on any atom is 0.413 e. The Labute approximate surface area is 132 Å². The van der Waals surface area contributed by atoms with Gasteiger partial charge in [0, 0.05) is 14.1 Å². The third-order valence-electron chi connectivity index (χ3n) is 3.38. The van der Waals surface area contributed by atoms with E-state index in [4.69, 9.17) is 4.74 Å². The first-order valence-corrected chi connectivity index (χ1v) is 7.51. The summed E-state index contributed by atoms with van der Waals surface area (Å²) in [7, 11) is 3.33. The van der Waals surface area contributed by atoms with Crippen molar-refractivity contribution in [2.45, 2.75) is 39.7 Å². The predicted molar refractivity (Wildman–Crippen MR) is 87.0 cm³/mol. The van der Waals surface area contributed by atoms with E-state index in [1.165, 1.54) is 4.90 Å². The lowest BCUT2D eigenvalue weighted by atomic mass is 10.0.